The van der Waals surface area contributed by atoms with Crippen molar-refractivity contribution in [2.45, 2.75) is 70.4 Å². The van der Waals surface area contributed by atoms with Gasteiger partial charge in [-0.15, -0.1) is 0 Å². The number of alkyl carbamates (subject to hydrolysis) is 1. The van der Waals surface area contributed by atoms with Gasteiger partial charge >= 0.3 is 6.09 Å². The van der Waals surface area contributed by atoms with Crippen molar-refractivity contribution >= 4 is 12.0 Å². The summed E-state index contributed by atoms with van der Waals surface area (Å²) in [5.41, 5.74) is -0.861. The van der Waals surface area contributed by atoms with E-state index in [1.807, 2.05) is 0 Å². The first kappa shape index (κ1) is 20.2. The maximum Gasteiger partial charge on any atom is 0.408 e. The first-order chi connectivity index (χ1) is 11.9. The predicted molar refractivity (Wildman–Crippen MR) is 98.4 cm³/mol. The van der Waals surface area contributed by atoms with Gasteiger partial charge in [-0.3, -0.25) is 4.79 Å². The van der Waals surface area contributed by atoms with Crippen LogP contribution in [-0.2, 0) is 14.9 Å². The number of hydrogen-bond acceptors (Lipinski definition) is 3. The van der Waals surface area contributed by atoms with E-state index < -0.39 is 17.2 Å². The Morgan fingerprint density at radius 2 is 1.69 bits per heavy atom. The molecule has 0 spiro atoms. The fraction of sp³-hybridized carbons (Fsp3) is 0.600. The van der Waals surface area contributed by atoms with Crippen LogP contribution >= 0.6 is 0 Å². The molecular weight excluding hydrogens is 335 g/mol. The maximum absolute atomic E-state index is 13.2. The lowest BCUT2D eigenvalue weighted by atomic mass is 9.64. The second-order valence-electron chi connectivity index (χ2n) is 8.58. The number of rotatable bonds is 5. The van der Waals surface area contributed by atoms with Gasteiger partial charge in [0, 0.05) is 12.0 Å². The van der Waals surface area contributed by atoms with Crippen LogP contribution in [0.2, 0.25) is 0 Å². The summed E-state index contributed by atoms with van der Waals surface area (Å²) in [6.07, 6.45) is 2.33. The summed E-state index contributed by atoms with van der Waals surface area (Å²) in [5.74, 6) is -0.549. The van der Waals surface area contributed by atoms with E-state index in [1.165, 1.54) is 12.1 Å². The fourth-order valence-corrected chi connectivity index (χ4v) is 3.06. The Hall–Kier alpha value is -2.11. The van der Waals surface area contributed by atoms with E-state index in [1.54, 1.807) is 46.8 Å². The molecule has 1 aromatic carbocycles. The normalized spacial score (nSPS) is 16.4. The van der Waals surface area contributed by atoms with Crippen molar-refractivity contribution in [3.63, 3.8) is 0 Å². The molecule has 26 heavy (non-hydrogen) atoms. The van der Waals surface area contributed by atoms with E-state index >= 15 is 0 Å². The van der Waals surface area contributed by atoms with Crippen LogP contribution in [0.3, 0.4) is 0 Å². The van der Waals surface area contributed by atoms with E-state index in [2.05, 4.69) is 10.6 Å². The van der Waals surface area contributed by atoms with E-state index in [4.69, 9.17) is 4.74 Å². The Morgan fingerprint density at radius 1 is 1.12 bits per heavy atom. The Labute approximate surface area is 154 Å². The van der Waals surface area contributed by atoms with Crippen molar-refractivity contribution in [2.75, 3.05) is 6.54 Å². The quantitative estimate of drug-likeness (QED) is 0.838. The zero-order valence-corrected chi connectivity index (χ0v) is 16.2. The first-order valence-electron chi connectivity index (χ1n) is 8.99. The molecule has 1 aromatic rings. The third kappa shape index (κ3) is 4.96. The minimum atomic E-state index is -1.10. The van der Waals surface area contributed by atoms with Crippen molar-refractivity contribution in [3.05, 3.63) is 35.6 Å². The minimum Gasteiger partial charge on any atom is -0.444 e. The molecule has 1 fully saturated rings. The summed E-state index contributed by atoms with van der Waals surface area (Å²) < 4.78 is 18.4. The van der Waals surface area contributed by atoms with Crippen LogP contribution in [0.4, 0.5) is 9.18 Å². The lowest BCUT2D eigenvalue weighted by Gasteiger charge is -2.43. The molecule has 0 radical (unpaired) electrons. The average Bonchev–Trinajstić information content (AvgIpc) is 2.44. The Morgan fingerprint density at radius 3 is 2.15 bits per heavy atom. The molecule has 0 bridgehead atoms. The van der Waals surface area contributed by atoms with Gasteiger partial charge in [-0.05, 0) is 65.2 Å². The number of halogens is 1. The van der Waals surface area contributed by atoms with E-state index in [0.717, 1.165) is 24.8 Å². The van der Waals surface area contributed by atoms with Gasteiger partial charge in [0.15, 0.2) is 0 Å². The number of carbonyl (C=O) groups excluding carboxylic acids is 2. The van der Waals surface area contributed by atoms with Gasteiger partial charge in [-0.25, -0.2) is 9.18 Å². The van der Waals surface area contributed by atoms with Gasteiger partial charge in [0.05, 0.1) is 0 Å². The van der Waals surface area contributed by atoms with Crippen molar-refractivity contribution < 1.29 is 18.7 Å². The van der Waals surface area contributed by atoms with Crippen LogP contribution in [0.15, 0.2) is 24.3 Å². The van der Waals surface area contributed by atoms with Crippen LogP contribution in [0.25, 0.3) is 0 Å². The molecule has 1 saturated carbocycles. The lowest BCUT2D eigenvalue weighted by Crippen LogP contribution is -2.58. The monoisotopic (exact) mass is 364 g/mol. The van der Waals surface area contributed by atoms with Crippen molar-refractivity contribution in [3.8, 4) is 0 Å². The van der Waals surface area contributed by atoms with Crippen LogP contribution in [0.5, 0.6) is 0 Å². The number of amides is 2. The van der Waals surface area contributed by atoms with Gasteiger partial charge < -0.3 is 15.4 Å². The molecule has 0 atom stereocenters. The number of benzene rings is 1. The summed E-state index contributed by atoms with van der Waals surface area (Å²) in [5, 5.41) is 5.55. The smallest absolute Gasteiger partial charge is 0.408 e. The summed E-state index contributed by atoms with van der Waals surface area (Å²) in [6.45, 7) is 9.03. The third-order valence-corrected chi connectivity index (χ3v) is 4.74. The van der Waals surface area contributed by atoms with Gasteiger partial charge in [0.25, 0.3) is 0 Å². The van der Waals surface area contributed by atoms with Crippen LogP contribution < -0.4 is 10.6 Å². The first-order valence-corrected chi connectivity index (χ1v) is 8.99. The molecule has 0 heterocycles. The van der Waals surface area contributed by atoms with Crippen molar-refractivity contribution in [1.82, 2.24) is 10.6 Å². The second-order valence-corrected chi connectivity index (χ2v) is 8.58. The van der Waals surface area contributed by atoms with Crippen LogP contribution in [0, 0.1) is 5.82 Å². The molecular formula is C20H29FN2O3. The van der Waals surface area contributed by atoms with Gasteiger partial charge in [0.1, 0.15) is 17.0 Å². The van der Waals surface area contributed by atoms with E-state index in [-0.39, 0.29) is 17.1 Å². The molecule has 0 aliphatic heterocycles. The second kappa shape index (κ2) is 7.25. The summed E-state index contributed by atoms with van der Waals surface area (Å²) >= 11 is 0. The average molecular weight is 364 g/mol. The van der Waals surface area contributed by atoms with E-state index in [0.29, 0.717) is 6.54 Å². The van der Waals surface area contributed by atoms with E-state index in [9.17, 15) is 14.0 Å². The molecule has 144 valence electrons. The zero-order valence-electron chi connectivity index (χ0n) is 16.2. The SMILES string of the molecule is CC(C)(C)OC(=O)NC(C)(C)C(=O)NCC1(c2ccc(F)cc2)CCC1. The Balaban J connectivity index is 1.97. The molecule has 2 N–H and O–H groups in total. The molecule has 1 aliphatic rings. The number of carbonyl (C=O) groups is 2. The largest absolute Gasteiger partial charge is 0.444 e. The van der Waals surface area contributed by atoms with Gasteiger partial charge in [-0.2, -0.15) is 0 Å². The number of hydrogen-bond donors (Lipinski definition) is 2. The minimum absolute atomic E-state index is 0.161. The Kier molecular flexibility index (Phi) is 5.64. The van der Waals surface area contributed by atoms with Crippen molar-refractivity contribution in [1.29, 1.82) is 0 Å². The fourth-order valence-electron chi connectivity index (χ4n) is 3.06. The van der Waals surface area contributed by atoms with Crippen molar-refractivity contribution in [2.24, 2.45) is 0 Å². The zero-order chi connectivity index (χ0) is 19.6. The number of ether oxygens (including phenoxy) is 1. The third-order valence-electron chi connectivity index (χ3n) is 4.74. The summed E-state index contributed by atoms with van der Waals surface area (Å²) in [6, 6.07) is 6.46. The van der Waals surface area contributed by atoms with Gasteiger partial charge in [-0.1, -0.05) is 18.6 Å². The molecule has 2 rings (SSSR count). The molecule has 5 nitrogen and oxygen atoms in total. The van der Waals surface area contributed by atoms with Crippen LogP contribution in [-0.4, -0.2) is 29.7 Å². The van der Waals surface area contributed by atoms with Crippen LogP contribution in [0.1, 0.15) is 59.4 Å². The lowest BCUT2D eigenvalue weighted by molar-refractivity contribution is -0.126. The molecule has 1 aliphatic carbocycles. The molecule has 2 amide bonds. The standard InChI is InChI=1S/C20H29FN2O3/c1-18(2,3)26-17(25)23-19(4,5)16(24)22-13-20(11-6-12-20)14-7-9-15(21)10-8-14/h7-10H,6,11-13H2,1-5H3,(H,22,24)(H,23,25). The topological polar surface area (TPSA) is 67.4 Å². The highest BCUT2D eigenvalue weighted by molar-refractivity contribution is 5.89. The summed E-state index contributed by atoms with van der Waals surface area (Å²) in [4.78, 5) is 24.5. The molecule has 6 heteroatoms. The summed E-state index contributed by atoms with van der Waals surface area (Å²) in [7, 11) is 0. The maximum atomic E-state index is 13.2. The highest BCUT2D eigenvalue weighted by Crippen LogP contribution is 2.43. The predicted octanol–water partition coefficient (Wildman–Crippen LogP) is 3.67. The molecule has 0 saturated heterocycles. The highest BCUT2D eigenvalue weighted by Gasteiger charge is 2.40. The van der Waals surface area contributed by atoms with Gasteiger partial charge in [0.2, 0.25) is 5.91 Å². The molecule has 0 unspecified atom stereocenters. The number of nitrogens with one attached hydrogen (secondary N) is 2. The Bertz CT molecular complexity index is 659. The highest BCUT2D eigenvalue weighted by atomic mass is 19.1. The molecule has 0 aromatic heterocycles.